The fourth-order valence-electron chi connectivity index (χ4n) is 2.86. The molecular weight excluding hydrogens is 299 g/mol. The summed E-state index contributed by atoms with van der Waals surface area (Å²) in [6.45, 7) is 4.49. The normalized spacial score (nSPS) is 13.7. The molecule has 1 atom stereocenters. The Balaban J connectivity index is 0.000000188. The molecule has 0 bridgehead atoms. The van der Waals surface area contributed by atoms with Crippen LogP contribution >= 0.6 is 9.24 Å². The molecular formula is C21H21OP. The van der Waals surface area contributed by atoms with Gasteiger partial charge in [0, 0.05) is 16.5 Å². The average Bonchev–Trinajstić information content (AvgIpc) is 2.56. The first-order valence-electron chi connectivity index (χ1n) is 7.76. The number of benzene rings is 3. The minimum atomic E-state index is 0.0193. The predicted molar refractivity (Wildman–Crippen MR) is 101 cm³/mol. The van der Waals surface area contributed by atoms with Gasteiger partial charge >= 0.3 is 0 Å². The molecule has 3 aromatic carbocycles. The topological polar surface area (TPSA) is 9.23 Å². The molecule has 0 aromatic heterocycles. The van der Waals surface area contributed by atoms with Crippen LogP contribution in [0, 0.1) is 0 Å². The maximum atomic E-state index is 5.91. The predicted octanol–water partition coefficient (Wildman–Crippen LogP) is 5.31. The number of fused-ring (bicyclic) bond motifs is 2. The van der Waals surface area contributed by atoms with Crippen molar-refractivity contribution in [2.24, 2.45) is 0 Å². The molecule has 0 saturated carbocycles. The fraction of sp³-hybridized carbons (Fsp3) is 0.143. The quantitative estimate of drug-likeness (QED) is 0.510. The first kappa shape index (κ1) is 15.8. The summed E-state index contributed by atoms with van der Waals surface area (Å²) in [5.41, 5.74) is 2.54. The van der Waals surface area contributed by atoms with Gasteiger partial charge in [-0.25, -0.2) is 0 Å². The summed E-state index contributed by atoms with van der Waals surface area (Å²) in [5.74, 6) is 1.96. The molecule has 0 N–H and O–H groups in total. The van der Waals surface area contributed by atoms with Crippen LogP contribution in [0.5, 0.6) is 11.5 Å². The van der Waals surface area contributed by atoms with Crippen molar-refractivity contribution in [1.82, 2.24) is 0 Å². The van der Waals surface area contributed by atoms with Crippen molar-refractivity contribution >= 4 is 14.5 Å². The number of hydrogen-bond acceptors (Lipinski definition) is 1. The van der Waals surface area contributed by atoms with Crippen LogP contribution in [0.3, 0.4) is 0 Å². The van der Waals surface area contributed by atoms with Gasteiger partial charge in [0.2, 0.25) is 0 Å². The van der Waals surface area contributed by atoms with E-state index in [1.807, 2.05) is 54.6 Å². The maximum Gasteiger partial charge on any atom is 0.131 e. The van der Waals surface area contributed by atoms with Gasteiger partial charge in [-0.2, -0.15) is 0 Å². The Morgan fingerprint density at radius 1 is 0.652 bits per heavy atom. The van der Waals surface area contributed by atoms with Crippen LogP contribution in [-0.4, -0.2) is 0 Å². The summed E-state index contributed by atoms with van der Waals surface area (Å²) < 4.78 is 5.91. The summed E-state index contributed by atoms with van der Waals surface area (Å²) in [4.78, 5) is 0. The smallest absolute Gasteiger partial charge is 0.131 e. The molecule has 0 spiro atoms. The lowest BCUT2D eigenvalue weighted by Crippen LogP contribution is -2.23. The molecule has 1 unspecified atom stereocenters. The van der Waals surface area contributed by atoms with Gasteiger partial charge < -0.3 is 4.74 Å². The highest BCUT2D eigenvalue weighted by molar-refractivity contribution is 7.27. The Bertz CT molecular complexity index is 746. The number of rotatable bonds is 0. The molecule has 0 aliphatic carbocycles. The van der Waals surface area contributed by atoms with Crippen molar-refractivity contribution in [1.29, 1.82) is 0 Å². The Kier molecular flexibility index (Phi) is 4.50. The standard InChI is InChI=1S/C15H14O.C6H7P/c1-15(2)11-7-3-5-9-13(11)16-14-10-6-4-8-12(14)15;7-6-4-2-1-3-5-6/h3-10H,1-2H3;1-5H,7H2. The molecule has 0 radical (unpaired) electrons. The Hall–Kier alpha value is -2.11. The van der Waals surface area contributed by atoms with Crippen LogP contribution in [0.15, 0.2) is 78.9 Å². The first-order valence-corrected chi connectivity index (χ1v) is 8.34. The molecule has 1 nitrogen and oxygen atoms in total. The van der Waals surface area contributed by atoms with Crippen molar-refractivity contribution in [2.45, 2.75) is 19.3 Å². The summed E-state index contributed by atoms with van der Waals surface area (Å²) >= 11 is 0. The third-order valence-corrected chi connectivity index (χ3v) is 4.53. The Morgan fingerprint density at radius 2 is 1.09 bits per heavy atom. The van der Waals surface area contributed by atoms with E-state index in [1.165, 1.54) is 16.4 Å². The highest BCUT2D eigenvalue weighted by atomic mass is 31.0. The largest absolute Gasteiger partial charge is 0.457 e. The lowest BCUT2D eigenvalue weighted by atomic mass is 9.76. The Morgan fingerprint density at radius 3 is 1.52 bits per heavy atom. The van der Waals surface area contributed by atoms with Crippen molar-refractivity contribution in [3.63, 3.8) is 0 Å². The number of para-hydroxylation sites is 2. The zero-order chi connectivity index (χ0) is 16.3. The molecule has 1 heterocycles. The summed E-state index contributed by atoms with van der Waals surface area (Å²) in [7, 11) is 2.63. The lowest BCUT2D eigenvalue weighted by molar-refractivity contribution is 0.418. The van der Waals surface area contributed by atoms with Crippen LogP contribution < -0.4 is 10.0 Å². The van der Waals surface area contributed by atoms with Gasteiger partial charge in [-0.1, -0.05) is 80.6 Å². The van der Waals surface area contributed by atoms with Crippen LogP contribution in [0.4, 0.5) is 0 Å². The monoisotopic (exact) mass is 320 g/mol. The van der Waals surface area contributed by atoms with Crippen molar-refractivity contribution in [3.8, 4) is 11.5 Å². The molecule has 1 aliphatic heterocycles. The zero-order valence-corrected chi connectivity index (χ0v) is 14.6. The number of ether oxygens (including phenoxy) is 1. The molecule has 3 aromatic rings. The van der Waals surface area contributed by atoms with Gasteiger partial charge in [0.25, 0.3) is 0 Å². The highest BCUT2D eigenvalue weighted by Crippen LogP contribution is 2.47. The van der Waals surface area contributed by atoms with E-state index in [0.29, 0.717) is 0 Å². The van der Waals surface area contributed by atoms with Crippen molar-refractivity contribution in [3.05, 3.63) is 90.0 Å². The first-order chi connectivity index (χ1) is 11.1. The summed E-state index contributed by atoms with van der Waals surface area (Å²) in [5, 5.41) is 1.24. The van der Waals surface area contributed by atoms with Gasteiger partial charge in [0.15, 0.2) is 0 Å². The van der Waals surface area contributed by atoms with Gasteiger partial charge in [-0.3, -0.25) is 0 Å². The average molecular weight is 320 g/mol. The van der Waals surface area contributed by atoms with E-state index in [1.54, 1.807) is 0 Å². The van der Waals surface area contributed by atoms with Crippen LogP contribution in [0.2, 0.25) is 0 Å². The molecule has 0 amide bonds. The van der Waals surface area contributed by atoms with Gasteiger partial charge in [0.05, 0.1) is 0 Å². The minimum absolute atomic E-state index is 0.0193. The van der Waals surface area contributed by atoms with Crippen molar-refractivity contribution in [2.75, 3.05) is 0 Å². The lowest BCUT2D eigenvalue weighted by Gasteiger charge is -2.34. The molecule has 0 saturated heterocycles. The fourth-order valence-corrected chi connectivity index (χ4v) is 3.08. The van der Waals surface area contributed by atoms with Crippen molar-refractivity contribution < 1.29 is 4.74 Å². The van der Waals surface area contributed by atoms with E-state index in [9.17, 15) is 0 Å². The summed E-state index contributed by atoms with van der Waals surface area (Å²) in [6, 6.07) is 26.7. The molecule has 2 heteroatoms. The van der Waals surface area contributed by atoms with Gasteiger partial charge in [-0.05, 0) is 17.4 Å². The van der Waals surface area contributed by atoms with Crippen LogP contribution in [0.1, 0.15) is 25.0 Å². The molecule has 23 heavy (non-hydrogen) atoms. The molecule has 1 aliphatic rings. The van der Waals surface area contributed by atoms with Crippen LogP contribution in [-0.2, 0) is 5.41 Å². The molecule has 116 valence electrons. The Labute approximate surface area is 140 Å². The summed E-state index contributed by atoms with van der Waals surface area (Å²) in [6.07, 6.45) is 0. The zero-order valence-electron chi connectivity index (χ0n) is 13.5. The third kappa shape index (κ3) is 3.30. The van der Waals surface area contributed by atoms with Crippen LogP contribution in [0.25, 0.3) is 0 Å². The van der Waals surface area contributed by atoms with E-state index >= 15 is 0 Å². The van der Waals surface area contributed by atoms with E-state index in [4.69, 9.17) is 4.74 Å². The highest BCUT2D eigenvalue weighted by Gasteiger charge is 2.33. The number of hydrogen-bond donors (Lipinski definition) is 0. The van der Waals surface area contributed by atoms with E-state index in [-0.39, 0.29) is 5.41 Å². The third-order valence-electron chi connectivity index (χ3n) is 4.14. The van der Waals surface area contributed by atoms with Gasteiger partial charge in [-0.15, -0.1) is 9.24 Å². The molecule has 0 fully saturated rings. The minimum Gasteiger partial charge on any atom is -0.457 e. The van der Waals surface area contributed by atoms with E-state index in [0.717, 1.165) is 11.5 Å². The second-order valence-electron chi connectivity index (χ2n) is 6.13. The second kappa shape index (κ2) is 6.56. The SMILES string of the molecule is CC1(C)c2ccccc2Oc2ccccc21.Pc1ccccc1. The second-order valence-corrected chi connectivity index (χ2v) is 6.80. The maximum absolute atomic E-state index is 5.91. The van der Waals surface area contributed by atoms with Gasteiger partial charge in [0.1, 0.15) is 11.5 Å². The van der Waals surface area contributed by atoms with E-state index < -0.39 is 0 Å². The van der Waals surface area contributed by atoms with E-state index in [2.05, 4.69) is 47.4 Å². The molecule has 4 rings (SSSR count).